The van der Waals surface area contributed by atoms with Gasteiger partial charge in [-0.2, -0.15) is 0 Å². The van der Waals surface area contributed by atoms with Gasteiger partial charge < -0.3 is 15.8 Å². The highest BCUT2D eigenvalue weighted by molar-refractivity contribution is 7.80. The van der Waals surface area contributed by atoms with Crippen LogP contribution in [-0.2, 0) is 9.53 Å². The first-order valence-corrected chi connectivity index (χ1v) is 5.64. The van der Waals surface area contributed by atoms with Crippen molar-refractivity contribution in [1.29, 1.82) is 0 Å². The minimum Gasteiger partial charge on any atom is -0.464 e. The van der Waals surface area contributed by atoms with Gasteiger partial charge in [-0.05, 0) is 26.0 Å². The number of rotatable bonds is 5. The molecule has 0 aromatic carbocycles. The summed E-state index contributed by atoms with van der Waals surface area (Å²) in [7, 11) is 0. The number of carbonyl (C=O) groups is 1. The predicted octanol–water partition coefficient (Wildman–Crippen LogP) is 1.08. The summed E-state index contributed by atoms with van der Waals surface area (Å²) in [5, 5.41) is 2.92. The van der Waals surface area contributed by atoms with Crippen LogP contribution in [0.1, 0.15) is 19.4 Å². The summed E-state index contributed by atoms with van der Waals surface area (Å²) in [6.45, 7) is 3.81. The normalized spacial score (nSPS) is 11.6. The second kappa shape index (κ2) is 6.15. The molecule has 0 aliphatic heterocycles. The van der Waals surface area contributed by atoms with Gasteiger partial charge in [0.1, 0.15) is 16.8 Å². The zero-order valence-electron chi connectivity index (χ0n) is 9.77. The molecule has 6 heteroatoms. The van der Waals surface area contributed by atoms with Crippen LogP contribution in [0.15, 0.2) is 18.3 Å². The van der Waals surface area contributed by atoms with Crippen molar-refractivity contribution in [2.75, 3.05) is 11.9 Å². The van der Waals surface area contributed by atoms with Gasteiger partial charge in [-0.15, -0.1) is 0 Å². The molecule has 0 aliphatic rings. The van der Waals surface area contributed by atoms with Gasteiger partial charge in [0.25, 0.3) is 0 Å². The molecule has 1 rings (SSSR count). The number of carbonyl (C=O) groups excluding carboxylic acids is 1. The van der Waals surface area contributed by atoms with Crippen molar-refractivity contribution < 1.29 is 9.53 Å². The lowest BCUT2D eigenvalue weighted by molar-refractivity contribution is -0.143. The lowest BCUT2D eigenvalue weighted by atomic mass is 10.2. The van der Waals surface area contributed by atoms with Gasteiger partial charge in [-0.3, -0.25) is 0 Å². The molecule has 0 saturated heterocycles. The van der Waals surface area contributed by atoms with Crippen molar-refractivity contribution >= 4 is 29.0 Å². The minimum atomic E-state index is -0.468. The highest BCUT2D eigenvalue weighted by Crippen LogP contribution is 2.08. The largest absolute Gasteiger partial charge is 0.464 e. The molecular formula is C11H15N3O2S. The van der Waals surface area contributed by atoms with Gasteiger partial charge in [0.15, 0.2) is 0 Å². The monoisotopic (exact) mass is 253 g/mol. The highest BCUT2D eigenvalue weighted by Gasteiger charge is 2.14. The van der Waals surface area contributed by atoms with Crippen LogP contribution < -0.4 is 11.1 Å². The summed E-state index contributed by atoms with van der Waals surface area (Å²) in [5.41, 5.74) is 6.21. The van der Waals surface area contributed by atoms with E-state index in [9.17, 15) is 4.79 Å². The minimum absolute atomic E-state index is 0.291. The standard InChI is InChI=1S/C11H15N3O2S/c1-3-16-11(15)7(2)14-9-6-8(10(12)17)4-5-13-9/h4-7H,3H2,1-2H3,(H2,12,17)(H,13,14). The van der Waals surface area contributed by atoms with Crippen LogP contribution in [0.5, 0.6) is 0 Å². The Morgan fingerprint density at radius 3 is 3.00 bits per heavy atom. The predicted molar refractivity (Wildman–Crippen MR) is 69.8 cm³/mol. The molecule has 92 valence electrons. The second-order valence-corrected chi connectivity index (χ2v) is 3.85. The Morgan fingerprint density at radius 1 is 1.71 bits per heavy atom. The van der Waals surface area contributed by atoms with Gasteiger partial charge in [-0.1, -0.05) is 12.2 Å². The summed E-state index contributed by atoms with van der Waals surface area (Å²) >= 11 is 4.86. The average Bonchev–Trinajstić information content (AvgIpc) is 2.29. The molecule has 1 heterocycles. The Balaban J connectivity index is 2.71. The molecule has 0 bridgehead atoms. The van der Waals surface area contributed by atoms with Crippen LogP contribution in [0.3, 0.4) is 0 Å². The van der Waals surface area contributed by atoms with Crippen LogP contribution in [0.2, 0.25) is 0 Å². The van der Waals surface area contributed by atoms with Crippen LogP contribution in [0.4, 0.5) is 5.82 Å². The molecule has 3 N–H and O–H groups in total. The van der Waals surface area contributed by atoms with Crippen molar-refractivity contribution in [3.05, 3.63) is 23.9 Å². The third kappa shape index (κ3) is 3.99. The first-order chi connectivity index (χ1) is 8.04. The zero-order valence-corrected chi connectivity index (χ0v) is 10.6. The number of ether oxygens (including phenoxy) is 1. The molecule has 5 nitrogen and oxygen atoms in total. The maximum absolute atomic E-state index is 11.4. The van der Waals surface area contributed by atoms with Crippen LogP contribution >= 0.6 is 12.2 Å². The smallest absolute Gasteiger partial charge is 0.328 e. The van der Waals surface area contributed by atoms with Gasteiger partial charge in [0.05, 0.1) is 6.61 Å². The van der Waals surface area contributed by atoms with Gasteiger partial charge in [0.2, 0.25) is 0 Å². The maximum Gasteiger partial charge on any atom is 0.328 e. The molecule has 0 amide bonds. The maximum atomic E-state index is 11.4. The average molecular weight is 253 g/mol. The molecule has 0 spiro atoms. The second-order valence-electron chi connectivity index (χ2n) is 3.41. The van der Waals surface area contributed by atoms with E-state index < -0.39 is 6.04 Å². The number of hydrogen-bond donors (Lipinski definition) is 2. The molecule has 1 aromatic heterocycles. The van der Waals surface area contributed by atoms with Gasteiger partial charge in [-0.25, -0.2) is 9.78 Å². The van der Waals surface area contributed by atoms with Crippen molar-refractivity contribution in [3.8, 4) is 0 Å². The Labute approximate surface area is 105 Å². The summed E-state index contributed by atoms with van der Waals surface area (Å²) in [4.78, 5) is 15.8. The van der Waals surface area contributed by atoms with E-state index in [1.54, 1.807) is 32.2 Å². The molecule has 0 aliphatic carbocycles. The van der Waals surface area contributed by atoms with E-state index in [-0.39, 0.29) is 5.97 Å². The number of nitrogens with two attached hydrogens (primary N) is 1. The Morgan fingerprint density at radius 2 is 2.41 bits per heavy atom. The number of esters is 1. The number of nitrogens with zero attached hydrogens (tertiary/aromatic N) is 1. The Hall–Kier alpha value is -1.69. The Bertz CT molecular complexity index is 423. The molecule has 0 radical (unpaired) electrons. The first-order valence-electron chi connectivity index (χ1n) is 5.23. The molecule has 0 fully saturated rings. The van der Waals surface area contributed by atoms with E-state index in [0.717, 1.165) is 0 Å². The van der Waals surface area contributed by atoms with E-state index >= 15 is 0 Å². The van der Waals surface area contributed by atoms with E-state index in [1.165, 1.54) is 0 Å². The third-order valence-electron chi connectivity index (χ3n) is 2.05. The quantitative estimate of drug-likeness (QED) is 0.604. The fourth-order valence-corrected chi connectivity index (χ4v) is 1.34. The summed E-state index contributed by atoms with van der Waals surface area (Å²) in [5.74, 6) is 0.214. The van der Waals surface area contributed by atoms with E-state index in [4.69, 9.17) is 22.7 Å². The summed E-state index contributed by atoms with van der Waals surface area (Å²) in [6.07, 6.45) is 1.58. The van der Waals surface area contributed by atoms with Crippen molar-refractivity contribution in [3.63, 3.8) is 0 Å². The molecule has 1 atom stereocenters. The van der Waals surface area contributed by atoms with Crippen molar-refractivity contribution in [1.82, 2.24) is 4.98 Å². The lowest BCUT2D eigenvalue weighted by Gasteiger charge is -2.13. The number of nitrogens with one attached hydrogen (secondary N) is 1. The Kier molecular flexibility index (Phi) is 4.84. The fourth-order valence-electron chi connectivity index (χ4n) is 1.21. The number of pyridine rings is 1. The molecule has 0 saturated carbocycles. The number of hydrogen-bond acceptors (Lipinski definition) is 5. The topological polar surface area (TPSA) is 77.2 Å². The molecular weight excluding hydrogens is 238 g/mol. The summed E-state index contributed by atoms with van der Waals surface area (Å²) in [6, 6.07) is 2.93. The van der Waals surface area contributed by atoms with E-state index in [1.807, 2.05) is 0 Å². The third-order valence-corrected chi connectivity index (χ3v) is 2.28. The van der Waals surface area contributed by atoms with Gasteiger partial charge >= 0.3 is 5.97 Å². The fraction of sp³-hybridized carbons (Fsp3) is 0.364. The van der Waals surface area contributed by atoms with Crippen LogP contribution in [0, 0.1) is 0 Å². The van der Waals surface area contributed by atoms with E-state index in [2.05, 4.69) is 10.3 Å². The molecule has 1 unspecified atom stereocenters. The zero-order chi connectivity index (χ0) is 12.8. The lowest BCUT2D eigenvalue weighted by Crippen LogP contribution is -2.28. The molecule has 17 heavy (non-hydrogen) atoms. The number of aromatic nitrogens is 1. The number of anilines is 1. The van der Waals surface area contributed by atoms with E-state index in [0.29, 0.717) is 23.0 Å². The highest BCUT2D eigenvalue weighted by atomic mass is 32.1. The van der Waals surface area contributed by atoms with Crippen LogP contribution in [-0.4, -0.2) is 28.6 Å². The number of thiocarbonyl (C=S) groups is 1. The van der Waals surface area contributed by atoms with Crippen LogP contribution in [0.25, 0.3) is 0 Å². The molecule has 1 aromatic rings. The van der Waals surface area contributed by atoms with Crippen molar-refractivity contribution in [2.24, 2.45) is 5.73 Å². The first kappa shape index (κ1) is 13.4. The summed E-state index contributed by atoms with van der Waals surface area (Å²) < 4.78 is 4.87. The SMILES string of the molecule is CCOC(=O)C(C)Nc1cc(C(N)=S)ccn1. The van der Waals surface area contributed by atoms with Gasteiger partial charge in [0, 0.05) is 11.8 Å². The van der Waals surface area contributed by atoms with Crippen molar-refractivity contribution in [2.45, 2.75) is 19.9 Å².